The van der Waals surface area contributed by atoms with Crippen LogP contribution in [0.5, 0.6) is 11.5 Å². The number of carbonyl (C=O) groups is 1. The van der Waals surface area contributed by atoms with Gasteiger partial charge in [-0.05, 0) is 75.2 Å². The van der Waals surface area contributed by atoms with E-state index in [4.69, 9.17) is 9.47 Å². The molecular formula is C23H23N3O4. The van der Waals surface area contributed by atoms with Gasteiger partial charge in [0, 0.05) is 17.3 Å². The summed E-state index contributed by atoms with van der Waals surface area (Å²) in [6.45, 7) is 7.45. The summed E-state index contributed by atoms with van der Waals surface area (Å²) < 4.78 is 12.0. The van der Waals surface area contributed by atoms with E-state index in [1.165, 1.54) is 10.7 Å². The van der Waals surface area contributed by atoms with Crippen LogP contribution in [0.2, 0.25) is 0 Å². The summed E-state index contributed by atoms with van der Waals surface area (Å²) in [5, 5.41) is 7.39. The lowest BCUT2D eigenvalue weighted by Crippen LogP contribution is -2.47. The van der Waals surface area contributed by atoms with Gasteiger partial charge in [-0.15, -0.1) is 0 Å². The van der Waals surface area contributed by atoms with E-state index in [-0.39, 0.29) is 18.3 Å². The second-order valence-corrected chi connectivity index (χ2v) is 7.93. The van der Waals surface area contributed by atoms with Crippen molar-refractivity contribution in [1.29, 1.82) is 0 Å². The first-order valence-corrected chi connectivity index (χ1v) is 9.65. The average molecular weight is 405 g/mol. The Bertz CT molecular complexity index is 1180. The lowest BCUT2D eigenvalue weighted by atomic mass is 10.0. The Morgan fingerprint density at radius 1 is 1.00 bits per heavy atom. The van der Waals surface area contributed by atoms with E-state index in [9.17, 15) is 9.59 Å². The standard InChI is InChI=1S/C23H23N3O4/c1-14-9-15(2)11-17(10-14)24-22(28)23(3,4)26-21(27)8-6-18(25-26)16-5-7-19-20(12-16)30-13-29-19/h5-12H,13H2,1-4H3,(H,24,28). The minimum absolute atomic E-state index is 0.178. The molecule has 0 radical (unpaired) electrons. The maximum absolute atomic E-state index is 13.1. The Labute approximate surface area is 174 Å². The van der Waals surface area contributed by atoms with E-state index in [1.807, 2.05) is 44.2 Å². The van der Waals surface area contributed by atoms with Gasteiger partial charge in [-0.3, -0.25) is 9.59 Å². The van der Waals surface area contributed by atoms with Gasteiger partial charge in [-0.25, -0.2) is 4.68 Å². The van der Waals surface area contributed by atoms with Crippen molar-refractivity contribution in [2.75, 3.05) is 12.1 Å². The zero-order valence-electron chi connectivity index (χ0n) is 17.4. The average Bonchev–Trinajstić information content (AvgIpc) is 3.15. The van der Waals surface area contributed by atoms with E-state index in [1.54, 1.807) is 26.0 Å². The van der Waals surface area contributed by atoms with E-state index >= 15 is 0 Å². The molecular weight excluding hydrogens is 382 g/mol. The molecule has 0 aliphatic carbocycles. The maximum Gasteiger partial charge on any atom is 0.267 e. The number of rotatable bonds is 4. The maximum atomic E-state index is 13.1. The second-order valence-electron chi connectivity index (χ2n) is 7.93. The van der Waals surface area contributed by atoms with Crippen LogP contribution in [-0.4, -0.2) is 22.5 Å². The Hall–Kier alpha value is -3.61. The molecule has 154 valence electrons. The number of hydrogen-bond acceptors (Lipinski definition) is 5. The molecule has 0 saturated carbocycles. The lowest BCUT2D eigenvalue weighted by molar-refractivity contribution is -0.123. The molecule has 1 aliphatic heterocycles. The molecule has 30 heavy (non-hydrogen) atoms. The topological polar surface area (TPSA) is 82.5 Å². The zero-order valence-corrected chi connectivity index (χ0v) is 17.4. The number of aryl methyl sites for hydroxylation is 2. The number of nitrogens with one attached hydrogen (secondary N) is 1. The van der Waals surface area contributed by atoms with Crippen molar-refractivity contribution in [3.8, 4) is 22.8 Å². The molecule has 7 nitrogen and oxygen atoms in total. The Morgan fingerprint density at radius 3 is 2.43 bits per heavy atom. The second kappa shape index (κ2) is 7.33. The highest BCUT2D eigenvalue weighted by Gasteiger charge is 2.32. The number of benzene rings is 2. The third-order valence-corrected chi connectivity index (χ3v) is 5.03. The molecule has 4 rings (SSSR count). The van der Waals surface area contributed by atoms with Gasteiger partial charge in [-0.2, -0.15) is 5.10 Å². The van der Waals surface area contributed by atoms with Crippen LogP contribution in [0.3, 0.4) is 0 Å². The third kappa shape index (κ3) is 3.66. The van der Waals surface area contributed by atoms with Crippen molar-refractivity contribution in [2.24, 2.45) is 0 Å². The van der Waals surface area contributed by atoms with Crippen LogP contribution in [0, 0.1) is 13.8 Å². The number of amides is 1. The fourth-order valence-corrected chi connectivity index (χ4v) is 3.45. The first kappa shape index (κ1) is 19.7. The van der Waals surface area contributed by atoms with Crippen molar-refractivity contribution >= 4 is 11.6 Å². The molecule has 0 bridgehead atoms. The molecule has 2 heterocycles. The summed E-state index contributed by atoms with van der Waals surface area (Å²) in [5.74, 6) is 0.962. The molecule has 1 N–H and O–H groups in total. The quantitative estimate of drug-likeness (QED) is 0.717. The van der Waals surface area contributed by atoms with Gasteiger partial charge in [0.2, 0.25) is 6.79 Å². The van der Waals surface area contributed by atoms with Crippen molar-refractivity contribution < 1.29 is 14.3 Å². The van der Waals surface area contributed by atoms with E-state index < -0.39 is 5.54 Å². The minimum Gasteiger partial charge on any atom is -0.454 e. The van der Waals surface area contributed by atoms with Crippen molar-refractivity contribution in [3.63, 3.8) is 0 Å². The number of fused-ring (bicyclic) bond motifs is 1. The minimum atomic E-state index is -1.21. The molecule has 7 heteroatoms. The lowest BCUT2D eigenvalue weighted by Gasteiger charge is -2.25. The molecule has 2 aromatic carbocycles. The summed E-state index contributed by atoms with van der Waals surface area (Å²) in [4.78, 5) is 25.6. The summed E-state index contributed by atoms with van der Waals surface area (Å²) in [6, 6.07) is 14.3. The molecule has 0 atom stereocenters. The number of ether oxygens (including phenoxy) is 2. The molecule has 1 aromatic heterocycles. The summed E-state index contributed by atoms with van der Waals surface area (Å²) in [6.07, 6.45) is 0. The fraction of sp³-hybridized carbons (Fsp3) is 0.261. The predicted octanol–water partition coefficient (Wildman–Crippen LogP) is 3.63. The van der Waals surface area contributed by atoms with E-state index in [0.717, 1.165) is 16.7 Å². The summed E-state index contributed by atoms with van der Waals surface area (Å²) >= 11 is 0. The summed E-state index contributed by atoms with van der Waals surface area (Å²) in [7, 11) is 0. The first-order valence-electron chi connectivity index (χ1n) is 9.65. The van der Waals surface area contributed by atoms with Crippen LogP contribution in [0.15, 0.2) is 53.3 Å². The van der Waals surface area contributed by atoms with Crippen molar-refractivity contribution in [2.45, 2.75) is 33.2 Å². The number of hydrogen-bond donors (Lipinski definition) is 1. The smallest absolute Gasteiger partial charge is 0.267 e. The van der Waals surface area contributed by atoms with Crippen LogP contribution in [0.1, 0.15) is 25.0 Å². The van der Waals surface area contributed by atoms with Gasteiger partial charge >= 0.3 is 0 Å². The highest BCUT2D eigenvalue weighted by atomic mass is 16.7. The van der Waals surface area contributed by atoms with E-state index in [0.29, 0.717) is 22.9 Å². The molecule has 0 unspecified atom stereocenters. The van der Waals surface area contributed by atoms with Gasteiger partial charge < -0.3 is 14.8 Å². The SMILES string of the molecule is Cc1cc(C)cc(NC(=O)C(C)(C)n2nc(-c3ccc4c(c3)OCO4)ccc2=O)c1. The van der Waals surface area contributed by atoms with Gasteiger partial charge in [0.25, 0.3) is 11.5 Å². The zero-order chi connectivity index (χ0) is 21.5. The summed E-state index contributed by atoms with van der Waals surface area (Å²) in [5.41, 5.74) is 2.52. The van der Waals surface area contributed by atoms with E-state index in [2.05, 4.69) is 10.4 Å². The first-order chi connectivity index (χ1) is 14.2. The number of anilines is 1. The number of carbonyl (C=O) groups excluding carboxylic acids is 1. The van der Waals surface area contributed by atoms with Gasteiger partial charge in [-0.1, -0.05) is 6.07 Å². The predicted molar refractivity (Wildman–Crippen MR) is 114 cm³/mol. The molecule has 1 amide bonds. The molecule has 0 saturated heterocycles. The highest BCUT2D eigenvalue weighted by Crippen LogP contribution is 2.35. The van der Waals surface area contributed by atoms with Crippen molar-refractivity contribution in [1.82, 2.24) is 9.78 Å². The fourth-order valence-electron chi connectivity index (χ4n) is 3.45. The van der Waals surface area contributed by atoms with Crippen LogP contribution < -0.4 is 20.3 Å². The number of aromatic nitrogens is 2. The Kier molecular flexibility index (Phi) is 4.81. The van der Waals surface area contributed by atoms with Crippen LogP contribution in [-0.2, 0) is 10.3 Å². The largest absolute Gasteiger partial charge is 0.454 e. The molecule has 0 spiro atoms. The van der Waals surface area contributed by atoms with Gasteiger partial charge in [0.05, 0.1) is 5.69 Å². The Morgan fingerprint density at radius 2 is 1.70 bits per heavy atom. The highest BCUT2D eigenvalue weighted by molar-refractivity contribution is 5.96. The number of nitrogens with zero attached hydrogens (tertiary/aromatic N) is 2. The molecule has 3 aromatic rings. The normalized spacial score (nSPS) is 12.7. The van der Waals surface area contributed by atoms with Crippen LogP contribution in [0.4, 0.5) is 5.69 Å². The van der Waals surface area contributed by atoms with Crippen LogP contribution in [0.25, 0.3) is 11.3 Å². The monoisotopic (exact) mass is 405 g/mol. The van der Waals surface area contributed by atoms with Gasteiger partial charge in [0.1, 0.15) is 5.54 Å². The Balaban J connectivity index is 1.67. The molecule has 1 aliphatic rings. The van der Waals surface area contributed by atoms with Crippen molar-refractivity contribution in [3.05, 3.63) is 70.0 Å². The molecule has 0 fully saturated rings. The van der Waals surface area contributed by atoms with Gasteiger partial charge in [0.15, 0.2) is 11.5 Å². The van der Waals surface area contributed by atoms with Crippen LogP contribution >= 0.6 is 0 Å². The third-order valence-electron chi connectivity index (χ3n) is 5.03.